The summed E-state index contributed by atoms with van der Waals surface area (Å²) in [6.45, 7) is 1.38. The molecule has 0 aromatic carbocycles. The van der Waals surface area contributed by atoms with Crippen molar-refractivity contribution < 1.29 is 30.3 Å². The Bertz CT molecular complexity index is 276. The molecule has 0 aliphatic heterocycles. The smallest absolute Gasteiger partial charge is 0.220 e. The minimum atomic E-state index is -1.81. The van der Waals surface area contributed by atoms with Crippen LogP contribution in [0.15, 0.2) is 0 Å². The molecule has 0 rings (SSSR count). The monoisotopic (exact) mass is 324 g/mol. The topological polar surface area (TPSA) is 118 Å². The van der Waals surface area contributed by atoms with Gasteiger partial charge in [0.15, 0.2) is 6.10 Å². The lowest BCUT2D eigenvalue weighted by atomic mass is 10.0. The van der Waals surface area contributed by atoms with Crippen LogP contribution in [-0.2, 0) is 4.79 Å². The largest absolute Gasteiger partial charge is 0.394 e. The molecule has 0 aromatic heterocycles. The number of hydrogen-bond donors (Lipinski definition) is 5. The van der Waals surface area contributed by atoms with Gasteiger partial charge in [-0.3, -0.25) is 4.79 Å². The third-order valence-electron chi connectivity index (χ3n) is 3.24. The zero-order valence-corrected chi connectivity index (χ0v) is 13.3. The molecule has 0 radical (unpaired) electrons. The molecule has 0 fully saturated rings. The summed E-state index contributed by atoms with van der Waals surface area (Å²) in [6.07, 6.45) is -0.369. The summed E-state index contributed by atoms with van der Waals surface area (Å²) in [5.41, 5.74) is 0. The van der Waals surface area contributed by atoms with E-state index < -0.39 is 36.1 Å². The first-order valence-electron chi connectivity index (χ1n) is 7.45. The molecule has 0 heterocycles. The summed E-state index contributed by atoms with van der Waals surface area (Å²) in [5, 5.41) is 45.7. The average molecular weight is 324 g/mol. The maximum absolute atomic E-state index is 11.6. The minimum absolute atomic E-state index is 0.549. The van der Waals surface area contributed by atoms with Crippen LogP contribution in [0.4, 0.5) is 0 Å². The van der Waals surface area contributed by atoms with E-state index in [9.17, 15) is 20.1 Å². The van der Waals surface area contributed by atoms with E-state index in [1.54, 1.807) is 0 Å². The van der Waals surface area contributed by atoms with Gasteiger partial charge in [-0.2, -0.15) is 0 Å². The molecule has 0 aromatic rings. The zero-order chi connectivity index (χ0) is 16.3. The second kappa shape index (κ2) is 12.4. The highest BCUT2D eigenvalue weighted by Gasteiger charge is 2.33. The molecule has 4 atom stereocenters. The third kappa shape index (κ3) is 8.75. The summed E-state index contributed by atoms with van der Waals surface area (Å²) in [7, 11) is 0. The van der Waals surface area contributed by atoms with Crippen LogP contribution in [0.5, 0.6) is 0 Å². The summed E-state index contributed by atoms with van der Waals surface area (Å²) in [5.74, 6) is 0.549. The van der Waals surface area contributed by atoms with Gasteiger partial charge in [0.25, 0.3) is 0 Å². The van der Waals surface area contributed by atoms with E-state index in [-0.39, 0.29) is 0 Å². The molecule has 0 aliphatic carbocycles. The minimum Gasteiger partial charge on any atom is -0.394 e. The second-order valence-corrected chi connectivity index (χ2v) is 6.21. The molecule has 7 heteroatoms. The maximum atomic E-state index is 11.6. The van der Waals surface area contributed by atoms with Crippen molar-refractivity contribution in [2.24, 2.45) is 0 Å². The first-order chi connectivity index (χ1) is 9.95. The van der Waals surface area contributed by atoms with Gasteiger partial charge in [-0.05, 0) is 6.42 Å². The lowest BCUT2D eigenvalue weighted by Gasteiger charge is -2.24. The number of aliphatic hydroxyl groups excluding tert-OH is 5. The number of hydrogen-bond acceptors (Lipinski definition) is 7. The third-order valence-corrected chi connectivity index (χ3v) is 4.26. The summed E-state index contributed by atoms with van der Waals surface area (Å²) in [4.78, 5) is 11.6. The molecule has 0 saturated carbocycles. The molecule has 0 spiro atoms. The van der Waals surface area contributed by atoms with Gasteiger partial charge in [0.05, 0.1) is 6.61 Å². The molecule has 126 valence electrons. The second-order valence-electron chi connectivity index (χ2n) is 5.11. The molecule has 5 N–H and O–H groups in total. The molecule has 0 amide bonds. The van der Waals surface area contributed by atoms with Crippen molar-refractivity contribution in [3.8, 4) is 0 Å². The Balaban J connectivity index is 3.89. The van der Waals surface area contributed by atoms with Gasteiger partial charge in [-0.25, -0.2) is 0 Å². The van der Waals surface area contributed by atoms with E-state index in [1.807, 2.05) is 0 Å². The fourth-order valence-corrected chi connectivity index (χ4v) is 2.66. The van der Waals surface area contributed by atoms with Crippen LogP contribution in [-0.4, -0.2) is 67.4 Å². The lowest BCUT2D eigenvalue weighted by molar-refractivity contribution is -0.139. The van der Waals surface area contributed by atoms with E-state index in [0.29, 0.717) is 5.75 Å². The van der Waals surface area contributed by atoms with Crippen LogP contribution in [0.3, 0.4) is 0 Å². The summed E-state index contributed by atoms with van der Waals surface area (Å²) < 4.78 is 0. The number of carbonyl (C=O) groups is 1. The molecule has 0 unspecified atom stereocenters. The number of rotatable bonds is 12. The van der Waals surface area contributed by atoms with E-state index >= 15 is 0 Å². The highest BCUT2D eigenvalue weighted by Crippen LogP contribution is 2.15. The molecule has 6 nitrogen and oxygen atoms in total. The van der Waals surface area contributed by atoms with Gasteiger partial charge in [0.1, 0.15) is 18.3 Å². The molecule has 0 aliphatic rings. The Hall–Kier alpha value is -0.180. The van der Waals surface area contributed by atoms with Gasteiger partial charge in [-0.15, -0.1) is 0 Å². The van der Waals surface area contributed by atoms with Crippen molar-refractivity contribution >= 4 is 16.9 Å². The molecule has 21 heavy (non-hydrogen) atoms. The fourth-order valence-electron chi connectivity index (χ4n) is 1.80. The fraction of sp³-hybridized carbons (Fsp3) is 0.929. The van der Waals surface area contributed by atoms with Crippen LogP contribution in [0.1, 0.15) is 45.4 Å². The van der Waals surface area contributed by atoms with Gasteiger partial charge >= 0.3 is 0 Å². The van der Waals surface area contributed by atoms with Gasteiger partial charge < -0.3 is 25.5 Å². The highest BCUT2D eigenvalue weighted by atomic mass is 32.2. The average Bonchev–Trinajstić information content (AvgIpc) is 2.50. The van der Waals surface area contributed by atoms with E-state index in [2.05, 4.69) is 6.92 Å². The van der Waals surface area contributed by atoms with Crippen LogP contribution < -0.4 is 0 Å². The maximum Gasteiger partial charge on any atom is 0.220 e. The van der Waals surface area contributed by atoms with Crippen molar-refractivity contribution in [1.82, 2.24) is 0 Å². The Kier molecular flexibility index (Phi) is 12.3. The van der Waals surface area contributed by atoms with E-state index in [0.717, 1.165) is 31.0 Å². The van der Waals surface area contributed by atoms with Crippen LogP contribution in [0.25, 0.3) is 0 Å². The number of thioether (sulfide) groups is 1. The Labute approximate surface area is 130 Å². The standard InChI is InChI=1S/C14H28O6S/c1-2-3-4-5-6-7-8-21-14(20)13(19)12(18)11(17)10(16)9-15/h10-13,15-19H,2-9H2,1H3/t10-,11-,12+,13-/m1/s1. The molecular formula is C14H28O6S. The van der Waals surface area contributed by atoms with Crippen LogP contribution in [0, 0.1) is 0 Å². The molecular weight excluding hydrogens is 296 g/mol. The SMILES string of the molecule is CCCCCCCCSC(=O)[C@H](O)[C@@H](O)[C@H](O)[C@H](O)CO. The predicted molar refractivity (Wildman–Crippen MR) is 82.0 cm³/mol. The summed E-state index contributed by atoms with van der Waals surface area (Å²) in [6, 6.07) is 0. The lowest BCUT2D eigenvalue weighted by Crippen LogP contribution is -2.48. The van der Waals surface area contributed by atoms with E-state index in [4.69, 9.17) is 10.2 Å². The van der Waals surface area contributed by atoms with Gasteiger partial charge in [0.2, 0.25) is 5.12 Å². The van der Waals surface area contributed by atoms with Crippen molar-refractivity contribution in [3.63, 3.8) is 0 Å². The number of unbranched alkanes of at least 4 members (excludes halogenated alkanes) is 5. The van der Waals surface area contributed by atoms with Crippen LogP contribution >= 0.6 is 11.8 Å². The number of carbonyl (C=O) groups excluding carboxylic acids is 1. The molecule has 0 bridgehead atoms. The first kappa shape index (κ1) is 20.8. The van der Waals surface area contributed by atoms with Crippen molar-refractivity contribution in [3.05, 3.63) is 0 Å². The van der Waals surface area contributed by atoms with Crippen molar-refractivity contribution in [2.75, 3.05) is 12.4 Å². The van der Waals surface area contributed by atoms with Crippen LogP contribution in [0.2, 0.25) is 0 Å². The quantitative estimate of drug-likeness (QED) is 0.322. The molecule has 0 saturated heterocycles. The number of aliphatic hydroxyl groups is 5. The van der Waals surface area contributed by atoms with Gasteiger partial charge in [-0.1, -0.05) is 50.8 Å². The predicted octanol–water partition coefficient (Wildman–Crippen LogP) is 0.0426. The highest BCUT2D eigenvalue weighted by molar-refractivity contribution is 8.13. The van der Waals surface area contributed by atoms with Crippen molar-refractivity contribution in [2.45, 2.75) is 69.9 Å². The van der Waals surface area contributed by atoms with Gasteiger partial charge in [0, 0.05) is 5.75 Å². The normalized spacial score (nSPS) is 17.2. The Morgan fingerprint density at radius 2 is 1.52 bits per heavy atom. The van der Waals surface area contributed by atoms with Crippen molar-refractivity contribution in [1.29, 1.82) is 0 Å². The van der Waals surface area contributed by atoms with E-state index in [1.165, 1.54) is 19.3 Å². The summed E-state index contributed by atoms with van der Waals surface area (Å²) >= 11 is 0.909. The Morgan fingerprint density at radius 3 is 2.10 bits per heavy atom. The Morgan fingerprint density at radius 1 is 0.952 bits per heavy atom. The first-order valence-corrected chi connectivity index (χ1v) is 8.44. The zero-order valence-electron chi connectivity index (χ0n) is 12.5.